The first kappa shape index (κ1) is 27.4. The second-order valence-corrected chi connectivity index (χ2v) is 11.4. The summed E-state index contributed by atoms with van der Waals surface area (Å²) in [5, 5.41) is 0. The molecule has 2 aliphatic heterocycles. The fourth-order valence-corrected chi connectivity index (χ4v) is 6.71. The monoisotopic (exact) mass is 543 g/mol. The summed E-state index contributed by atoms with van der Waals surface area (Å²) in [5.41, 5.74) is 0.109. The van der Waals surface area contributed by atoms with Crippen LogP contribution in [0.2, 0.25) is 0 Å². The highest BCUT2D eigenvalue weighted by molar-refractivity contribution is 5.98. The summed E-state index contributed by atoms with van der Waals surface area (Å²) in [7, 11) is 4.14. The maximum atomic E-state index is 13.9. The van der Waals surface area contributed by atoms with Crippen LogP contribution in [-0.4, -0.2) is 77.4 Å². The molecular formula is C29H36F3N5O2. The number of likely N-dealkylation sites (tertiary alicyclic amines) is 1. The lowest BCUT2D eigenvalue weighted by molar-refractivity contribution is -0.141. The summed E-state index contributed by atoms with van der Waals surface area (Å²) in [6.07, 6.45) is 1.39. The molecule has 0 atom stereocenters. The first-order valence-corrected chi connectivity index (χ1v) is 13.6. The van der Waals surface area contributed by atoms with Gasteiger partial charge in [0.2, 0.25) is 5.91 Å². The molecule has 1 aliphatic carbocycles. The predicted molar refractivity (Wildman–Crippen MR) is 142 cm³/mol. The predicted octanol–water partition coefficient (Wildman–Crippen LogP) is 5.04. The van der Waals surface area contributed by atoms with Crippen molar-refractivity contribution >= 4 is 17.6 Å². The molecule has 3 heterocycles. The minimum absolute atomic E-state index is 0.0251. The number of aryl methyl sites for hydroxylation is 1. The fourth-order valence-electron chi connectivity index (χ4n) is 6.71. The van der Waals surface area contributed by atoms with Gasteiger partial charge in [-0.1, -0.05) is 30.3 Å². The molecule has 7 nitrogen and oxygen atoms in total. The van der Waals surface area contributed by atoms with Crippen LogP contribution < -0.4 is 4.90 Å². The molecule has 0 N–H and O–H groups in total. The molecule has 5 rings (SSSR count). The van der Waals surface area contributed by atoms with E-state index in [9.17, 15) is 22.8 Å². The summed E-state index contributed by atoms with van der Waals surface area (Å²) in [6, 6.07) is 11.0. The molecule has 0 unspecified atom stereocenters. The number of hydrogen-bond acceptors (Lipinski definition) is 4. The Morgan fingerprint density at radius 3 is 2.26 bits per heavy atom. The van der Waals surface area contributed by atoms with Crippen LogP contribution in [0.5, 0.6) is 0 Å². The van der Waals surface area contributed by atoms with Crippen LogP contribution in [0.4, 0.5) is 23.7 Å². The average Bonchev–Trinajstić information content (AvgIpc) is 3.53. The Bertz CT molecular complexity index is 1220. The zero-order valence-corrected chi connectivity index (χ0v) is 22.8. The number of pyridine rings is 1. The van der Waals surface area contributed by atoms with Gasteiger partial charge in [0.15, 0.2) is 0 Å². The fraction of sp³-hybridized carbons (Fsp3) is 0.552. The number of hydrogen-bond donors (Lipinski definition) is 0. The van der Waals surface area contributed by atoms with Crippen molar-refractivity contribution in [2.24, 2.45) is 0 Å². The number of nitrogens with zero attached hydrogens (tertiary/aromatic N) is 5. The molecule has 1 saturated carbocycles. The third-order valence-electron chi connectivity index (χ3n) is 9.08. The van der Waals surface area contributed by atoms with Gasteiger partial charge in [0, 0.05) is 18.6 Å². The molecule has 10 heteroatoms. The molecule has 3 amide bonds. The smallest absolute Gasteiger partial charge is 0.341 e. The van der Waals surface area contributed by atoms with Crippen LogP contribution >= 0.6 is 0 Å². The Labute approximate surface area is 227 Å². The molecule has 1 aromatic carbocycles. The lowest BCUT2D eigenvalue weighted by Gasteiger charge is -2.51. The summed E-state index contributed by atoms with van der Waals surface area (Å²) in [5.74, 6) is -0.0724. The summed E-state index contributed by atoms with van der Waals surface area (Å²) in [4.78, 5) is 38.1. The SMILES string of the molecule is Cc1cc(C(F)(F)F)ncc1N1C[C@]2(CC[C@](c3ccccc3)(N(C)C)CC2)N(CC(=O)N2CCCC2)C1=O. The Morgan fingerprint density at radius 1 is 1.05 bits per heavy atom. The Hall–Kier alpha value is -3.14. The molecule has 2 saturated heterocycles. The van der Waals surface area contributed by atoms with Gasteiger partial charge in [0.1, 0.15) is 12.2 Å². The summed E-state index contributed by atoms with van der Waals surface area (Å²) in [6.45, 7) is 3.24. The van der Waals surface area contributed by atoms with Crippen LogP contribution in [-0.2, 0) is 16.5 Å². The lowest BCUT2D eigenvalue weighted by Crippen LogP contribution is -2.57. The molecule has 210 valence electrons. The van der Waals surface area contributed by atoms with Crippen molar-refractivity contribution in [1.82, 2.24) is 19.7 Å². The van der Waals surface area contributed by atoms with Crippen molar-refractivity contribution in [2.75, 3.05) is 45.2 Å². The number of alkyl halides is 3. The molecule has 3 aliphatic rings. The van der Waals surface area contributed by atoms with E-state index in [0.29, 0.717) is 43.7 Å². The van der Waals surface area contributed by atoms with Crippen LogP contribution in [0.15, 0.2) is 42.6 Å². The van der Waals surface area contributed by atoms with Gasteiger partial charge in [-0.05, 0) is 76.7 Å². The van der Waals surface area contributed by atoms with Crippen molar-refractivity contribution in [3.8, 4) is 0 Å². The van der Waals surface area contributed by atoms with Crippen molar-refractivity contribution in [2.45, 2.75) is 62.7 Å². The molecule has 39 heavy (non-hydrogen) atoms. The van der Waals surface area contributed by atoms with Crippen LogP contribution in [0.1, 0.15) is 55.3 Å². The van der Waals surface area contributed by atoms with Gasteiger partial charge in [-0.15, -0.1) is 0 Å². The number of rotatable bonds is 5. The highest BCUT2D eigenvalue weighted by atomic mass is 19.4. The van der Waals surface area contributed by atoms with Gasteiger partial charge < -0.3 is 9.80 Å². The van der Waals surface area contributed by atoms with Gasteiger partial charge in [0.25, 0.3) is 0 Å². The Balaban J connectivity index is 1.48. The first-order valence-electron chi connectivity index (χ1n) is 13.6. The number of urea groups is 1. The number of halogens is 3. The largest absolute Gasteiger partial charge is 0.433 e. The minimum atomic E-state index is -4.57. The van der Waals surface area contributed by atoms with Gasteiger partial charge in [-0.3, -0.25) is 14.6 Å². The lowest BCUT2D eigenvalue weighted by atomic mass is 9.68. The second-order valence-electron chi connectivity index (χ2n) is 11.4. The number of anilines is 1. The molecule has 1 aromatic heterocycles. The van der Waals surface area contributed by atoms with E-state index < -0.39 is 17.4 Å². The van der Waals surface area contributed by atoms with E-state index in [0.717, 1.165) is 37.9 Å². The zero-order chi connectivity index (χ0) is 28.0. The first-order chi connectivity index (χ1) is 18.5. The minimum Gasteiger partial charge on any atom is -0.341 e. The highest BCUT2D eigenvalue weighted by Crippen LogP contribution is 2.49. The maximum Gasteiger partial charge on any atom is 0.433 e. The van der Waals surface area contributed by atoms with E-state index in [1.54, 1.807) is 11.8 Å². The Kier molecular flexibility index (Phi) is 7.11. The van der Waals surface area contributed by atoms with Crippen LogP contribution in [0, 0.1) is 6.92 Å². The number of aromatic nitrogens is 1. The van der Waals surface area contributed by atoms with E-state index in [1.165, 1.54) is 10.5 Å². The van der Waals surface area contributed by atoms with Crippen molar-refractivity contribution in [1.29, 1.82) is 0 Å². The number of benzene rings is 1. The summed E-state index contributed by atoms with van der Waals surface area (Å²) < 4.78 is 39.8. The topological polar surface area (TPSA) is 60.0 Å². The number of amides is 3. The van der Waals surface area contributed by atoms with E-state index >= 15 is 0 Å². The average molecular weight is 544 g/mol. The molecule has 3 fully saturated rings. The van der Waals surface area contributed by atoms with Gasteiger partial charge in [0.05, 0.1) is 24.0 Å². The third-order valence-corrected chi connectivity index (χ3v) is 9.08. The summed E-state index contributed by atoms with van der Waals surface area (Å²) >= 11 is 0. The second kappa shape index (κ2) is 10.1. The maximum absolute atomic E-state index is 13.9. The molecule has 2 aromatic rings. The van der Waals surface area contributed by atoms with Gasteiger partial charge >= 0.3 is 12.2 Å². The van der Waals surface area contributed by atoms with E-state index in [2.05, 4.69) is 36.1 Å². The van der Waals surface area contributed by atoms with E-state index in [-0.39, 0.29) is 24.0 Å². The molecule has 1 spiro atoms. The molecule has 0 bridgehead atoms. The van der Waals surface area contributed by atoms with Crippen molar-refractivity contribution < 1.29 is 22.8 Å². The molecular weight excluding hydrogens is 507 g/mol. The van der Waals surface area contributed by atoms with E-state index in [4.69, 9.17) is 0 Å². The van der Waals surface area contributed by atoms with Gasteiger partial charge in [-0.2, -0.15) is 13.2 Å². The number of carbonyl (C=O) groups is 2. The normalized spacial score (nSPS) is 25.8. The Morgan fingerprint density at radius 2 is 1.69 bits per heavy atom. The van der Waals surface area contributed by atoms with Crippen LogP contribution in [0.25, 0.3) is 0 Å². The standard InChI is InChI=1S/C29H36F3N5O2/c1-21-17-24(29(30,31)32)33-18-23(21)36-20-27(37(26(36)39)19-25(38)35-15-7-8-16-35)11-13-28(14-12-27,34(2)3)22-9-5-4-6-10-22/h4-6,9-10,17-18H,7-8,11-16,19-20H2,1-3H3/t27-,28+. The van der Waals surface area contributed by atoms with Crippen molar-refractivity contribution in [3.63, 3.8) is 0 Å². The molecule has 0 radical (unpaired) electrons. The third kappa shape index (κ3) is 4.88. The van der Waals surface area contributed by atoms with Gasteiger partial charge in [-0.25, -0.2) is 9.78 Å². The quantitative estimate of drug-likeness (QED) is 0.530. The zero-order valence-electron chi connectivity index (χ0n) is 22.8. The van der Waals surface area contributed by atoms with Crippen LogP contribution in [0.3, 0.4) is 0 Å². The van der Waals surface area contributed by atoms with Crippen molar-refractivity contribution in [3.05, 3.63) is 59.4 Å². The highest BCUT2D eigenvalue weighted by Gasteiger charge is 2.55. The number of carbonyl (C=O) groups excluding carboxylic acids is 2. The van der Waals surface area contributed by atoms with E-state index in [1.807, 2.05) is 23.1 Å².